The van der Waals surface area contributed by atoms with Crippen LogP contribution in [0.25, 0.3) is 0 Å². The summed E-state index contributed by atoms with van der Waals surface area (Å²) in [7, 11) is 0. The zero-order valence-electron chi connectivity index (χ0n) is 11.5. The lowest BCUT2D eigenvalue weighted by Gasteiger charge is -2.31. The first kappa shape index (κ1) is 15.2. The van der Waals surface area contributed by atoms with Crippen molar-refractivity contribution >= 4 is 23.2 Å². The second kappa shape index (κ2) is 7.57. The predicted molar refractivity (Wildman–Crippen MR) is 80.7 cm³/mol. The number of carbonyl (C=O) groups excluding carboxylic acids is 1. The van der Waals surface area contributed by atoms with Gasteiger partial charge in [0.15, 0.2) is 5.15 Å². The molecule has 1 amide bonds. The smallest absolute Gasteiger partial charge is 0.238 e. The summed E-state index contributed by atoms with van der Waals surface area (Å²) in [6.45, 7) is 3.07. The van der Waals surface area contributed by atoms with E-state index in [1.807, 2.05) is 0 Å². The molecule has 3 N–H and O–H groups in total. The van der Waals surface area contributed by atoms with Crippen LogP contribution in [-0.4, -0.2) is 42.0 Å². The van der Waals surface area contributed by atoms with Gasteiger partial charge in [-0.3, -0.25) is 9.69 Å². The molecule has 0 aliphatic carbocycles. The molecule has 6 heteroatoms. The van der Waals surface area contributed by atoms with Crippen LogP contribution in [0.1, 0.15) is 19.3 Å². The summed E-state index contributed by atoms with van der Waals surface area (Å²) < 4.78 is 0. The largest absolute Gasteiger partial charge is 0.330 e. The fourth-order valence-electron chi connectivity index (χ4n) is 2.54. The molecule has 0 radical (unpaired) electrons. The number of hydrogen-bond donors (Lipinski definition) is 2. The Kier molecular flexibility index (Phi) is 5.76. The van der Waals surface area contributed by atoms with E-state index in [0.717, 1.165) is 38.9 Å². The number of carbonyl (C=O) groups is 1. The fourth-order valence-corrected chi connectivity index (χ4v) is 2.71. The number of piperidine rings is 1. The second-order valence-electron chi connectivity index (χ2n) is 5.19. The molecule has 1 aliphatic heterocycles. The average molecular weight is 297 g/mol. The lowest BCUT2D eigenvalue weighted by atomic mass is 9.94. The van der Waals surface area contributed by atoms with Gasteiger partial charge >= 0.3 is 0 Å². The van der Waals surface area contributed by atoms with Crippen LogP contribution in [0.5, 0.6) is 0 Å². The van der Waals surface area contributed by atoms with Crippen molar-refractivity contribution in [2.75, 3.05) is 31.5 Å². The van der Waals surface area contributed by atoms with E-state index >= 15 is 0 Å². The van der Waals surface area contributed by atoms with Crippen LogP contribution in [0.3, 0.4) is 0 Å². The standard InChI is InChI=1S/C14H21ClN4O/c15-14-12(2-1-7-17-14)18-13(20)10-19-8-4-11(3-6-16)5-9-19/h1-2,7,11H,3-6,8-10,16H2,(H,18,20). The average Bonchev–Trinajstić information content (AvgIpc) is 2.44. The maximum Gasteiger partial charge on any atom is 0.238 e. The van der Waals surface area contributed by atoms with Gasteiger partial charge in [-0.1, -0.05) is 11.6 Å². The monoisotopic (exact) mass is 296 g/mol. The second-order valence-corrected chi connectivity index (χ2v) is 5.54. The van der Waals surface area contributed by atoms with E-state index in [4.69, 9.17) is 17.3 Å². The Bertz CT molecular complexity index is 447. The number of likely N-dealkylation sites (tertiary alicyclic amines) is 1. The number of hydrogen-bond acceptors (Lipinski definition) is 4. The topological polar surface area (TPSA) is 71.2 Å². The van der Waals surface area contributed by atoms with Gasteiger partial charge in [-0.05, 0) is 56.9 Å². The number of nitrogens with zero attached hydrogens (tertiary/aromatic N) is 2. The van der Waals surface area contributed by atoms with E-state index in [9.17, 15) is 4.79 Å². The van der Waals surface area contributed by atoms with Crippen LogP contribution < -0.4 is 11.1 Å². The molecule has 1 aromatic heterocycles. The number of nitrogens with two attached hydrogens (primary N) is 1. The van der Waals surface area contributed by atoms with Crippen molar-refractivity contribution < 1.29 is 4.79 Å². The van der Waals surface area contributed by atoms with Gasteiger partial charge in [0.05, 0.1) is 12.2 Å². The van der Waals surface area contributed by atoms with E-state index in [0.29, 0.717) is 23.3 Å². The third kappa shape index (κ3) is 4.44. The molecule has 0 bridgehead atoms. The number of rotatable bonds is 5. The molecule has 2 rings (SSSR count). The van der Waals surface area contributed by atoms with E-state index in [2.05, 4.69) is 15.2 Å². The predicted octanol–water partition coefficient (Wildman–Crippen LogP) is 1.73. The summed E-state index contributed by atoms with van der Waals surface area (Å²) in [5.41, 5.74) is 6.15. The molecule has 5 nitrogen and oxygen atoms in total. The Balaban J connectivity index is 1.77. The van der Waals surface area contributed by atoms with Crippen LogP contribution in [0.2, 0.25) is 5.15 Å². The summed E-state index contributed by atoms with van der Waals surface area (Å²) in [5.74, 6) is 0.671. The van der Waals surface area contributed by atoms with Crippen LogP contribution in [0.4, 0.5) is 5.69 Å². The number of pyridine rings is 1. The first-order valence-electron chi connectivity index (χ1n) is 7.02. The minimum Gasteiger partial charge on any atom is -0.330 e. The molecule has 2 heterocycles. The van der Waals surface area contributed by atoms with Crippen LogP contribution in [-0.2, 0) is 4.79 Å². The van der Waals surface area contributed by atoms with Crippen molar-refractivity contribution in [2.24, 2.45) is 11.7 Å². The third-order valence-corrected chi connectivity index (χ3v) is 3.98. The number of anilines is 1. The highest BCUT2D eigenvalue weighted by Crippen LogP contribution is 2.20. The zero-order chi connectivity index (χ0) is 14.4. The number of aromatic nitrogens is 1. The van der Waals surface area contributed by atoms with Crippen LogP contribution in [0, 0.1) is 5.92 Å². The van der Waals surface area contributed by atoms with E-state index in [1.54, 1.807) is 18.3 Å². The Morgan fingerprint density at radius 3 is 2.90 bits per heavy atom. The minimum atomic E-state index is -0.0443. The molecule has 20 heavy (non-hydrogen) atoms. The van der Waals surface area contributed by atoms with E-state index in [-0.39, 0.29) is 5.91 Å². The number of halogens is 1. The van der Waals surface area contributed by atoms with Crippen molar-refractivity contribution in [1.82, 2.24) is 9.88 Å². The van der Waals surface area contributed by atoms with Crippen molar-refractivity contribution in [3.8, 4) is 0 Å². The fraction of sp³-hybridized carbons (Fsp3) is 0.571. The molecular formula is C14H21ClN4O. The first-order chi connectivity index (χ1) is 9.69. The van der Waals surface area contributed by atoms with E-state index in [1.165, 1.54) is 0 Å². The first-order valence-corrected chi connectivity index (χ1v) is 7.39. The van der Waals surface area contributed by atoms with Gasteiger partial charge in [0.25, 0.3) is 0 Å². The van der Waals surface area contributed by atoms with Crippen LogP contribution in [0.15, 0.2) is 18.3 Å². The Morgan fingerprint density at radius 2 is 2.25 bits per heavy atom. The molecule has 0 atom stereocenters. The molecule has 1 aliphatic rings. The summed E-state index contributed by atoms with van der Waals surface area (Å²) in [6, 6.07) is 3.50. The summed E-state index contributed by atoms with van der Waals surface area (Å²) in [4.78, 5) is 18.1. The highest BCUT2D eigenvalue weighted by atomic mass is 35.5. The molecule has 0 saturated carbocycles. The van der Waals surface area contributed by atoms with Crippen molar-refractivity contribution in [2.45, 2.75) is 19.3 Å². The normalized spacial score (nSPS) is 17.1. The van der Waals surface area contributed by atoms with Crippen molar-refractivity contribution in [3.05, 3.63) is 23.5 Å². The van der Waals surface area contributed by atoms with Gasteiger partial charge in [-0.25, -0.2) is 4.98 Å². The summed E-state index contributed by atoms with van der Waals surface area (Å²) >= 11 is 5.91. The summed E-state index contributed by atoms with van der Waals surface area (Å²) in [5, 5.41) is 3.12. The highest BCUT2D eigenvalue weighted by molar-refractivity contribution is 6.32. The maximum atomic E-state index is 12.0. The lowest BCUT2D eigenvalue weighted by Crippen LogP contribution is -2.39. The van der Waals surface area contributed by atoms with E-state index < -0.39 is 0 Å². The zero-order valence-corrected chi connectivity index (χ0v) is 12.3. The molecule has 1 saturated heterocycles. The van der Waals surface area contributed by atoms with Crippen molar-refractivity contribution in [1.29, 1.82) is 0 Å². The Labute approximate surface area is 124 Å². The number of nitrogens with one attached hydrogen (secondary N) is 1. The van der Waals surface area contributed by atoms with Gasteiger partial charge in [0.1, 0.15) is 0 Å². The van der Waals surface area contributed by atoms with Gasteiger partial charge in [-0.15, -0.1) is 0 Å². The summed E-state index contributed by atoms with van der Waals surface area (Å²) in [6.07, 6.45) is 4.93. The highest BCUT2D eigenvalue weighted by Gasteiger charge is 2.20. The Morgan fingerprint density at radius 1 is 1.50 bits per heavy atom. The van der Waals surface area contributed by atoms with Gasteiger partial charge in [0.2, 0.25) is 5.91 Å². The molecule has 0 unspecified atom stereocenters. The molecule has 0 aromatic carbocycles. The molecule has 1 aromatic rings. The lowest BCUT2D eigenvalue weighted by molar-refractivity contribution is -0.117. The van der Waals surface area contributed by atoms with Gasteiger partial charge < -0.3 is 11.1 Å². The third-order valence-electron chi connectivity index (χ3n) is 3.68. The molecule has 110 valence electrons. The molecule has 0 spiro atoms. The van der Waals surface area contributed by atoms with Crippen molar-refractivity contribution in [3.63, 3.8) is 0 Å². The molecular weight excluding hydrogens is 276 g/mol. The Hall–Kier alpha value is -1.17. The quantitative estimate of drug-likeness (QED) is 0.812. The molecule has 1 fully saturated rings. The number of amides is 1. The SMILES string of the molecule is NCCC1CCN(CC(=O)Nc2cccnc2Cl)CC1. The minimum absolute atomic E-state index is 0.0443. The van der Waals surface area contributed by atoms with Gasteiger partial charge in [0, 0.05) is 6.20 Å². The van der Waals surface area contributed by atoms with Gasteiger partial charge in [-0.2, -0.15) is 0 Å². The maximum absolute atomic E-state index is 12.0. The van der Waals surface area contributed by atoms with Crippen LogP contribution >= 0.6 is 11.6 Å².